The lowest BCUT2D eigenvalue weighted by Gasteiger charge is -2.21. The third-order valence-electron chi connectivity index (χ3n) is 3.19. The van der Waals surface area contributed by atoms with Gasteiger partial charge in [-0.3, -0.25) is 0 Å². The molecule has 1 unspecified atom stereocenters. The van der Waals surface area contributed by atoms with Crippen molar-refractivity contribution in [2.45, 2.75) is 13.0 Å². The van der Waals surface area contributed by atoms with Gasteiger partial charge in [-0.1, -0.05) is 36.2 Å². The van der Waals surface area contributed by atoms with Gasteiger partial charge in [0.2, 0.25) is 0 Å². The van der Waals surface area contributed by atoms with Crippen molar-refractivity contribution in [3.63, 3.8) is 0 Å². The maximum atomic E-state index is 13.6. The molecule has 1 N–H and O–H groups in total. The minimum atomic E-state index is -0.311. The largest absolute Gasteiger partial charge is 0.496 e. The van der Waals surface area contributed by atoms with Crippen molar-refractivity contribution in [3.8, 4) is 5.75 Å². The lowest BCUT2D eigenvalue weighted by atomic mass is 9.97. The molecule has 5 heteroatoms. The van der Waals surface area contributed by atoms with Gasteiger partial charge in [0.25, 0.3) is 0 Å². The van der Waals surface area contributed by atoms with E-state index in [2.05, 4.69) is 5.32 Å². The Morgan fingerprint density at radius 2 is 1.90 bits per heavy atom. The highest BCUT2D eigenvalue weighted by Gasteiger charge is 2.19. The normalized spacial score (nSPS) is 12.2. The Kier molecular flexibility index (Phi) is 5.45. The molecule has 0 fully saturated rings. The van der Waals surface area contributed by atoms with Crippen LogP contribution in [0.4, 0.5) is 4.39 Å². The molecule has 0 spiro atoms. The van der Waals surface area contributed by atoms with Crippen LogP contribution in [-0.2, 0) is 0 Å². The molecule has 2 aromatic rings. The predicted molar refractivity (Wildman–Crippen MR) is 84.9 cm³/mol. The number of hydrogen-bond acceptors (Lipinski definition) is 2. The van der Waals surface area contributed by atoms with Crippen molar-refractivity contribution in [1.29, 1.82) is 0 Å². The summed E-state index contributed by atoms with van der Waals surface area (Å²) in [6.45, 7) is 2.70. The summed E-state index contributed by atoms with van der Waals surface area (Å²) in [6, 6.07) is 9.61. The van der Waals surface area contributed by atoms with E-state index < -0.39 is 0 Å². The Balaban J connectivity index is 2.52. The summed E-state index contributed by atoms with van der Waals surface area (Å²) in [4.78, 5) is 0. The van der Waals surface area contributed by atoms with Gasteiger partial charge in [0.1, 0.15) is 11.6 Å². The fourth-order valence-electron chi connectivity index (χ4n) is 2.23. The van der Waals surface area contributed by atoms with E-state index in [4.69, 9.17) is 27.9 Å². The molecule has 112 valence electrons. The standard InChI is InChI=1S/C16H16Cl2FNO/c1-3-20-16(10-4-6-13(17)14(18)8-10)12-9-11(19)5-7-15(12)21-2/h4-9,16,20H,3H2,1-2H3. The summed E-state index contributed by atoms with van der Waals surface area (Å²) in [5, 5.41) is 4.27. The molecule has 0 aliphatic heterocycles. The molecule has 0 heterocycles. The average Bonchev–Trinajstić information content (AvgIpc) is 2.48. The minimum Gasteiger partial charge on any atom is -0.496 e. The van der Waals surface area contributed by atoms with E-state index in [9.17, 15) is 4.39 Å². The van der Waals surface area contributed by atoms with Gasteiger partial charge in [-0.05, 0) is 42.4 Å². The number of nitrogens with one attached hydrogen (secondary N) is 1. The molecular formula is C16H16Cl2FNO. The Morgan fingerprint density at radius 1 is 1.14 bits per heavy atom. The predicted octanol–water partition coefficient (Wildman–Crippen LogP) is 4.84. The zero-order valence-electron chi connectivity index (χ0n) is 11.8. The van der Waals surface area contributed by atoms with Crippen LogP contribution in [0.25, 0.3) is 0 Å². The molecule has 1 atom stereocenters. The highest BCUT2D eigenvalue weighted by Crippen LogP contribution is 2.33. The Labute approximate surface area is 133 Å². The topological polar surface area (TPSA) is 21.3 Å². The van der Waals surface area contributed by atoms with Gasteiger partial charge in [0, 0.05) is 5.56 Å². The van der Waals surface area contributed by atoms with Gasteiger partial charge in [0.15, 0.2) is 0 Å². The minimum absolute atomic E-state index is 0.226. The summed E-state index contributed by atoms with van der Waals surface area (Å²) in [5.74, 6) is 0.308. The molecule has 0 amide bonds. The number of hydrogen-bond donors (Lipinski definition) is 1. The third kappa shape index (κ3) is 3.67. The van der Waals surface area contributed by atoms with Crippen LogP contribution in [0.1, 0.15) is 24.1 Å². The Morgan fingerprint density at radius 3 is 2.52 bits per heavy atom. The van der Waals surface area contributed by atoms with Crippen LogP contribution in [0.2, 0.25) is 10.0 Å². The second-order valence-electron chi connectivity index (χ2n) is 4.55. The van der Waals surface area contributed by atoms with E-state index in [1.54, 1.807) is 25.3 Å². The van der Waals surface area contributed by atoms with Gasteiger partial charge in [0.05, 0.1) is 23.2 Å². The van der Waals surface area contributed by atoms with Crippen LogP contribution in [0.3, 0.4) is 0 Å². The van der Waals surface area contributed by atoms with Crippen molar-refractivity contribution in [2.24, 2.45) is 0 Å². The maximum absolute atomic E-state index is 13.6. The average molecular weight is 328 g/mol. The van der Waals surface area contributed by atoms with E-state index in [0.29, 0.717) is 22.3 Å². The van der Waals surface area contributed by atoms with Crippen molar-refractivity contribution in [1.82, 2.24) is 5.32 Å². The van der Waals surface area contributed by atoms with Crippen molar-refractivity contribution >= 4 is 23.2 Å². The molecule has 0 radical (unpaired) electrons. The molecule has 0 aliphatic carbocycles. The third-order valence-corrected chi connectivity index (χ3v) is 3.93. The monoisotopic (exact) mass is 327 g/mol. The van der Waals surface area contributed by atoms with Crippen LogP contribution in [0.5, 0.6) is 5.75 Å². The Bertz CT molecular complexity index is 634. The molecule has 0 bridgehead atoms. The van der Waals surface area contributed by atoms with E-state index >= 15 is 0 Å². The molecule has 2 nitrogen and oxygen atoms in total. The summed E-state index contributed by atoms with van der Waals surface area (Å²) in [6.07, 6.45) is 0. The smallest absolute Gasteiger partial charge is 0.124 e. The SMILES string of the molecule is CCNC(c1ccc(Cl)c(Cl)c1)c1cc(F)ccc1OC. The number of methoxy groups -OCH3 is 1. The van der Waals surface area contributed by atoms with Crippen molar-refractivity contribution < 1.29 is 9.13 Å². The number of rotatable bonds is 5. The molecule has 0 saturated heterocycles. The van der Waals surface area contributed by atoms with E-state index in [1.165, 1.54) is 12.1 Å². The highest BCUT2D eigenvalue weighted by atomic mass is 35.5. The number of ether oxygens (including phenoxy) is 1. The molecule has 0 aromatic heterocycles. The molecule has 2 aromatic carbocycles. The van der Waals surface area contributed by atoms with Crippen LogP contribution in [0, 0.1) is 5.82 Å². The quantitative estimate of drug-likeness (QED) is 0.848. The van der Waals surface area contributed by atoms with Gasteiger partial charge >= 0.3 is 0 Å². The summed E-state index contributed by atoms with van der Waals surface area (Å²) in [5.41, 5.74) is 1.62. The van der Waals surface area contributed by atoms with E-state index in [1.807, 2.05) is 13.0 Å². The fraction of sp³-hybridized carbons (Fsp3) is 0.250. The van der Waals surface area contributed by atoms with E-state index in [-0.39, 0.29) is 11.9 Å². The molecule has 0 aliphatic rings. The lowest BCUT2D eigenvalue weighted by molar-refractivity contribution is 0.402. The summed E-state index contributed by atoms with van der Waals surface area (Å²) < 4.78 is 19.0. The Hall–Kier alpha value is -1.29. The maximum Gasteiger partial charge on any atom is 0.124 e. The molecule has 0 saturated carbocycles. The lowest BCUT2D eigenvalue weighted by Crippen LogP contribution is -2.22. The van der Waals surface area contributed by atoms with Gasteiger partial charge < -0.3 is 10.1 Å². The second kappa shape index (κ2) is 7.12. The molecule has 21 heavy (non-hydrogen) atoms. The zero-order chi connectivity index (χ0) is 15.4. The zero-order valence-corrected chi connectivity index (χ0v) is 13.3. The van der Waals surface area contributed by atoms with Crippen molar-refractivity contribution in [2.75, 3.05) is 13.7 Å². The first-order valence-corrected chi connectivity index (χ1v) is 7.34. The van der Waals surface area contributed by atoms with Crippen LogP contribution < -0.4 is 10.1 Å². The first-order valence-electron chi connectivity index (χ1n) is 6.58. The summed E-state index contributed by atoms with van der Waals surface area (Å²) in [7, 11) is 1.56. The van der Waals surface area contributed by atoms with Crippen molar-refractivity contribution in [3.05, 3.63) is 63.4 Å². The highest BCUT2D eigenvalue weighted by molar-refractivity contribution is 6.42. The van der Waals surface area contributed by atoms with Crippen LogP contribution in [0.15, 0.2) is 36.4 Å². The number of benzene rings is 2. The van der Waals surface area contributed by atoms with E-state index in [0.717, 1.165) is 11.1 Å². The first kappa shape index (κ1) is 16.1. The van der Waals surface area contributed by atoms with Crippen LogP contribution in [-0.4, -0.2) is 13.7 Å². The van der Waals surface area contributed by atoms with Gasteiger partial charge in [-0.25, -0.2) is 4.39 Å². The second-order valence-corrected chi connectivity index (χ2v) is 5.36. The van der Waals surface area contributed by atoms with Crippen LogP contribution >= 0.6 is 23.2 Å². The fourth-order valence-corrected chi connectivity index (χ4v) is 2.54. The van der Waals surface area contributed by atoms with Gasteiger partial charge in [-0.15, -0.1) is 0 Å². The summed E-state index contributed by atoms with van der Waals surface area (Å²) >= 11 is 12.0. The number of halogens is 3. The molecular weight excluding hydrogens is 312 g/mol. The first-order chi connectivity index (χ1) is 10.1. The molecule has 2 rings (SSSR count). The van der Waals surface area contributed by atoms with Gasteiger partial charge in [-0.2, -0.15) is 0 Å².